The van der Waals surface area contributed by atoms with Crippen molar-refractivity contribution < 1.29 is 22.7 Å². The maximum absolute atomic E-state index is 12.6. The van der Waals surface area contributed by atoms with E-state index in [4.69, 9.17) is 9.47 Å². The molecule has 0 saturated carbocycles. The molecule has 0 bridgehead atoms. The van der Waals surface area contributed by atoms with Crippen LogP contribution in [-0.2, 0) is 14.8 Å². The minimum atomic E-state index is -3.65. The van der Waals surface area contributed by atoms with E-state index in [2.05, 4.69) is 21.2 Å². The van der Waals surface area contributed by atoms with Crippen LogP contribution in [0.15, 0.2) is 46.9 Å². The number of carbonyl (C=O) groups excluding carboxylic acids is 1. The van der Waals surface area contributed by atoms with Crippen LogP contribution in [0, 0.1) is 0 Å². The number of nitrogens with zero attached hydrogens (tertiary/aromatic N) is 1. The van der Waals surface area contributed by atoms with Crippen molar-refractivity contribution in [2.45, 2.75) is 13.0 Å². The Hall–Kier alpha value is -2.26. The van der Waals surface area contributed by atoms with Gasteiger partial charge in [0, 0.05) is 10.0 Å². The second-order valence-corrected chi connectivity index (χ2v) is 8.97. The summed E-state index contributed by atoms with van der Waals surface area (Å²) < 4.78 is 36.8. The Labute approximate surface area is 173 Å². The molecule has 1 amide bonds. The third-order valence-corrected chi connectivity index (χ3v) is 5.70. The zero-order chi connectivity index (χ0) is 20.9. The Morgan fingerprint density at radius 3 is 2.46 bits per heavy atom. The van der Waals surface area contributed by atoms with Crippen molar-refractivity contribution in [1.29, 1.82) is 0 Å². The fourth-order valence-corrected chi connectivity index (χ4v) is 3.94. The Morgan fingerprint density at radius 1 is 1.18 bits per heavy atom. The molecular formula is C19H23BrN2O5S. The fourth-order valence-electron chi connectivity index (χ4n) is 2.70. The minimum absolute atomic E-state index is 0.341. The largest absolute Gasteiger partial charge is 0.497 e. The Bertz CT molecular complexity index is 949. The van der Waals surface area contributed by atoms with Crippen molar-refractivity contribution in [2.75, 3.05) is 31.3 Å². The lowest BCUT2D eigenvalue weighted by atomic mass is 10.1. The highest BCUT2D eigenvalue weighted by molar-refractivity contribution is 9.10. The summed E-state index contributed by atoms with van der Waals surface area (Å²) >= 11 is 3.32. The molecule has 0 saturated heterocycles. The van der Waals surface area contributed by atoms with Crippen LogP contribution in [0.5, 0.6) is 11.5 Å². The average Bonchev–Trinajstić information content (AvgIpc) is 2.64. The second-order valence-electron chi connectivity index (χ2n) is 6.15. The lowest BCUT2D eigenvalue weighted by molar-refractivity contribution is -0.120. The molecule has 0 aliphatic heterocycles. The number of ether oxygens (including phenoxy) is 2. The highest BCUT2D eigenvalue weighted by Gasteiger charge is 2.23. The molecule has 1 N–H and O–H groups in total. The monoisotopic (exact) mass is 470 g/mol. The van der Waals surface area contributed by atoms with Gasteiger partial charge >= 0.3 is 0 Å². The number of hydrogen-bond acceptors (Lipinski definition) is 5. The molecule has 0 spiro atoms. The van der Waals surface area contributed by atoms with Crippen molar-refractivity contribution in [3.05, 3.63) is 52.5 Å². The van der Waals surface area contributed by atoms with E-state index < -0.39 is 22.0 Å². The fraction of sp³-hybridized carbons (Fsp3) is 0.316. The molecule has 0 heterocycles. The molecule has 2 rings (SSSR count). The number of amides is 1. The van der Waals surface area contributed by atoms with Gasteiger partial charge in [-0.05, 0) is 43.3 Å². The van der Waals surface area contributed by atoms with Crippen LogP contribution < -0.4 is 19.1 Å². The lowest BCUT2D eigenvalue weighted by Crippen LogP contribution is -2.41. The van der Waals surface area contributed by atoms with Crippen molar-refractivity contribution in [3.8, 4) is 11.5 Å². The van der Waals surface area contributed by atoms with E-state index in [0.29, 0.717) is 21.7 Å². The van der Waals surface area contributed by atoms with E-state index in [9.17, 15) is 13.2 Å². The summed E-state index contributed by atoms with van der Waals surface area (Å²) in [6, 6.07) is 11.6. The highest BCUT2D eigenvalue weighted by Crippen LogP contribution is 2.29. The highest BCUT2D eigenvalue weighted by atomic mass is 79.9. The predicted octanol–water partition coefficient (Wildman–Crippen LogP) is 3.11. The molecule has 0 aliphatic rings. The van der Waals surface area contributed by atoms with Crippen LogP contribution in [0.25, 0.3) is 0 Å². The van der Waals surface area contributed by atoms with E-state index >= 15 is 0 Å². The minimum Gasteiger partial charge on any atom is -0.497 e. The maximum atomic E-state index is 12.6. The predicted molar refractivity (Wildman–Crippen MR) is 112 cm³/mol. The third-order valence-electron chi connectivity index (χ3n) is 4.06. The summed E-state index contributed by atoms with van der Waals surface area (Å²) in [7, 11) is -0.554. The average molecular weight is 471 g/mol. The Morgan fingerprint density at radius 2 is 1.89 bits per heavy atom. The third kappa shape index (κ3) is 5.62. The molecule has 0 fully saturated rings. The number of carbonyl (C=O) groups is 1. The smallest absolute Gasteiger partial charge is 0.241 e. The molecule has 152 valence electrons. The van der Waals surface area contributed by atoms with Crippen molar-refractivity contribution >= 4 is 37.5 Å². The summed E-state index contributed by atoms with van der Waals surface area (Å²) in [5.41, 5.74) is 1.13. The van der Waals surface area contributed by atoms with Crippen LogP contribution in [0.2, 0.25) is 0 Å². The maximum Gasteiger partial charge on any atom is 0.241 e. The van der Waals surface area contributed by atoms with E-state index in [1.54, 1.807) is 63.6 Å². The van der Waals surface area contributed by atoms with Gasteiger partial charge in [0.15, 0.2) is 0 Å². The molecule has 0 aromatic heterocycles. The standard InChI is InChI=1S/C19H23BrN2O5S/c1-13(17-11-16(26-2)8-9-18(17)27-3)21-19(23)12-22(28(4,24)25)15-7-5-6-14(20)10-15/h5-11,13H,12H2,1-4H3,(H,21,23)/t13-/m1/s1. The number of sulfonamides is 1. The Kier molecular flexibility index (Phi) is 7.31. The second kappa shape index (κ2) is 9.29. The number of anilines is 1. The summed E-state index contributed by atoms with van der Waals surface area (Å²) in [5, 5.41) is 2.82. The molecule has 28 heavy (non-hydrogen) atoms. The van der Waals surface area contributed by atoms with Gasteiger partial charge in [0.25, 0.3) is 0 Å². The Balaban J connectivity index is 2.21. The number of rotatable bonds is 8. The topological polar surface area (TPSA) is 84.9 Å². The summed E-state index contributed by atoms with van der Waals surface area (Å²) in [6.45, 7) is 1.45. The first kappa shape index (κ1) is 22.0. The number of hydrogen-bond donors (Lipinski definition) is 1. The van der Waals surface area contributed by atoms with Gasteiger partial charge in [-0.3, -0.25) is 9.10 Å². The quantitative estimate of drug-likeness (QED) is 0.640. The van der Waals surface area contributed by atoms with Crippen molar-refractivity contribution in [1.82, 2.24) is 5.32 Å². The normalized spacial score (nSPS) is 12.2. The zero-order valence-corrected chi connectivity index (χ0v) is 18.5. The summed E-state index contributed by atoms with van der Waals surface area (Å²) in [5.74, 6) is 0.784. The molecule has 7 nitrogen and oxygen atoms in total. The number of benzene rings is 2. The molecule has 0 unspecified atom stereocenters. The number of methoxy groups -OCH3 is 2. The van der Waals surface area contributed by atoms with Crippen LogP contribution in [-0.4, -0.2) is 41.3 Å². The van der Waals surface area contributed by atoms with E-state index in [1.165, 1.54) is 0 Å². The molecule has 9 heteroatoms. The van der Waals surface area contributed by atoms with E-state index in [-0.39, 0.29) is 6.54 Å². The van der Waals surface area contributed by atoms with Gasteiger partial charge in [-0.1, -0.05) is 22.0 Å². The van der Waals surface area contributed by atoms with Gasteiger partial charge < -0.3 is 14.8 Å². The van der Waals surface area contributed by atoms with Gasteiger partial charge in [0.1, 0.15) is 18.0 Å². The number of halogens is 1. The summed E-state index contributed by atoms with van der Waals surface area (Å²) in [6.07, 6.45) is 1.07. The van der Waals surface area contributed by atoms with E-state index in [1.807, 2.05) is 0 Å². The van der Waals surface area contributed by atoms with Gasteiger partial charge in [-0.25, -0.2) is 8.42 Å². The summed E-state index contributed by atoms with van der Waals surface area (Å²) in [4.78, 5) is 12.6. The first-order valence-corrected chi connectivity index (χ1v) is 11.0. The molecule has 2 aromatic rings. The van der Waals surface area contributed by atoms with E-state index in [0.717, 1.165) is 16.1 Å². The molecule has 0 aliphatic carbocycles. The SMILES string of the molecule is COc1ccc(OC)c([C@@H](C)NC(=O)CN(c2cccc(Br)c2)S(C)(=O)=O)c1. The molecular weight excluding hydrogens is 448 g/mol. The molecule has 0 radical (unpaired) electrons. The van der Waals surface area contributed by atoms with Crippen LogP contribution in [0.1, 0.15) is 18.5 Å². The molecule has 1 atom stereocenters. The first-order valence-electron chi connectivity index (χ1n) is 8.40. The van der Waals surface area contributed by atoms with Crippen LogP contribution in [0.4, 0.5) is 5.69 Å². The molecule has 2 aromatic carbocycles. The number of nitrogens with one attached hydrogen (secondary N) is 1. The van der Waals surface area contributed by atoms with Gasteiger partial charge in [0.05, 0.1) is 32.2 Å². The van der Waals surface area contributed by atoms with Gasteiger partial charge in [0.2, 0.25) is 15.9 Å². The van der Waals surface area contributed by atoms with Gasteiger partial charge in [-0.15, -0.1) is 0 Å². The van der Waals surface area contributed by atoms with Gasteiger partial charge in [-0.2, -0.15) is 0 Å². The zero-order valence-electron chi connectivity index (χ0n) is 16.1. The first-order chi connectivity index (χ1) is 13.2. The van der Waals surface area contributed by atoms with Crippen molar-refractivity contribution in [3.63, 3.8) is 0 Å². The van der Waals surface area contributed by atoms with Crippen LogP contribution >= 0.6 is 15.9 Å². The lowest BCUT2D eigenvalue weighted by Gasteiger charge is -2.24. The van der Waals surface area contributed by atoms with Crippen molar-refractivity contribution in [2.24, 2.45) is 0 Å². The van der Waals surface area contributed by atoms with Crippen LogP contribution in [0.3, 0.4) is 0 Å².